The van der Waals surface area contributed by atoms with Gasteiger partial charge in [0.15, 0.2) is 5.75 Å². The zero-order valence-corrected chi connectivity index (χ0v) is 20.4. The standard InChI is InChI=1S/C20H23I2N3O4/c1-2-29-20(28)24-10-8-23(9-11-24)12-15-6-7-25(19(27)18(15)26)13-14-4-3-5-16(21)17(14)22/h3-7,26H,2,8-13H2,1H3. The van der Waals surface area contributed by atoms with E-state index in [9.17, 15) is 14.7 Å². The summed E-state index contributed by atoms with van der Waals surface area (Å²) in [6, 6.07) is 7.78. The molecule has 0 atom stereocenters. The average Bonchev–Trinajstić information content (AvgIpc) is 2.71. The molecule has 1 N–H and O–H groups in total. The van der Waals surface area contributed by atoms with Crippen LogP contribution in [0.4, 0.5) is 4.79 Å². The fraction of sp³-hybridized carbons (Fsp3) is 0.400. The number of amides is 1. The maximum absolute atomic E-state index is 12.7. The highest BCUT2D eigenvalue weighted by atomic mass is 127. The van der Waals surface area contributed by atoms with Crippen LogP contribution in [0.1, 0.15) is 18.1 Å². The topological polar surface area (TPSA) is 75.0 Å². The third-order valence-corrected chi connectivity index (χ3v) is 8.09. The fourth-order valence-electron chi connectivity index (χ4n) is 3.25. The average molecular weight is 623 g/mol. The quantitative estimate of drug-likeness (QED) is 0.519. The fourth-order valence-corrected chi connectivity index (χ4v) is 4.33. The second-order valence-electron chi connectivity index (χ2n) is 6.80. The number of ether oxygens (including phenoxy) is 1. The van der Waals surface area contributed by atoms with E-state index >= 15 is 0 Å². The van der Waals surface area contributed by atoms with Crippen molar-refractivity contribution >= 4 is 51.3 Å². The number of carbonyl (C=O) groups is 1. The lowest BCUT2D eigenvalue weighted by Gasteiger charge is -2.34. The van der Waals surface area contributed by atoms with E-state index < -0.39 is 0 Å². The van der Waals surface area contributed by atoms with Crippen molar-refractivity contribution in [2.45, 2.75) is 20.0 Å². The van der Waals surface area contributed by atoms with E-state index in [0.29, 0.717) is 51.4 Å². The van der Waals surface area contributed by atoms with Crippen molar-refractivity contribution in [3.8, 4) is 5.75 Å². The van der Waals surface area contributed by atoms with Crippen LogP contribution in [0, 0.1) is 7.14 Å². The second-order valence-corrected chi connectivity index (χ2v) is 9.04. The summed E-state index contributed by atoms with van der Waals surface area (Å²) in [6.45, 7) is 5.52. The van der Waals surface area contributed by atoms with Crippen molar-refractivity contribution in [3.63, 3.8) is 0 Å². The van der Waals surface area contributed by atoms with Crippen LogP contribution in [0.25, 0.3) is 0 Å². The lowest BCUT2D eigenvalue weighted by atomic mass is 10.2. The molecular formula is C20H23I2N3O4. The van der Waals surface area contributed by atoms with Crippen molar-refractivity contribution in [1.82, 2.24) is 14.4 Å². The Balaban J connectivity index is 1.67. The Hall–Kier alpha value is -1.34. The smallest absolute Gasteiger partial charge is 0.409 e. The highest BCUT2D eigenvalue weighted by Gasteiger charge is 2.23. The molecule has 7 nitrogen and oxygen atoms in total. The third kappa shape index (κ3) is 5.43. The van der Waals surface area contributed by atoms with Gasteiger partial charge in [-0.2, -0.15) is 0 Å². The maximum Gasteiger partial charge on any atom is 0.409 e. The number of benzene rings is 1. The number of rotatable bonds is 5. The number of pyridine rings is 1. The van der Waals surface area contributed by atoms with Crippen molar-refractivity contribution in [3.05, 3.63) is 59.1 Å². The Bertz CT molecular complexity index is 940. The molecule has 1 amide bonds. The van der Waals surface area contributed by atoms with Crippen molar-refractivity contribution in [2.75, 3.05) is 32.8 Å². The summed E-state index contributed by atoms with van der Waals surface area (Å²) in [6.07, 6.45) is 1.45. The molecule has 0 spiro atoms. The Labute approximate surface area is 196 Å². The zero-order valence-electron chi connectivity index (χ0n) is 16.1. The summed E-state index contributed by atoms with van der Waals surface area (Å²) in [5.41, 5.74) is 1.26. The molecule has 29 heavy (non-hydrogen) atoms. The Morgan fingerprint density at radius 3 is 2.52 bits per heavy atom. The van der Waals surface area contributed by atoms with Crippen molar-refractivity contribution < 1.29 is 14.6 Å². The normalized spacial score (nSPS) is 14.8. The highest BCUT2D eigenvalue weighted by molar-refractivity contribution is 14.1. The zero-order chi connectivity index (χ0) is 21.0. The summed E-state index contributed by atoms with van der Waals surface area (Å²) in [5.74, 6) is -0.207. The van der Waals surface area contributed by atoms with Gasteiger partial charge in [-0.15, -0.1) is 0 Å². The van der Waals surface area contributed by atoms with Gasteiger partial charge >= 0.3 is 6.09 Å². The van der Waals surface area contributed by atoms with E-state index in [1.807, 2.05) is 18.2 Å². The number of hydrogen-bond acceptors (Lipinski definition) is 5. The molecule has 0 aliphatic carbocycles. The molecule has 1 fully saturated rings. The number of piperazine rings is 1. The van der Waals surface area contributed by atoms with E-state index in [1.54, 1.807) is 24.1 Å². The minimum absolute atomic E-state index is 0.207. The van der Waals surface area contributed by atoms with Gasteiger partial charge in [0.05, 0.1) is 13.2 Å². The molecule has 9 heteroatoms. The lowest BCUT2D eigenvalue weighted by molar-refractivity contribution is 0.0776. The Morgan fingerprint density at radius 2 is 1.83 bits per heavy atom. The van der Waals surface area contributed by atoms with E-state index in [1.165, 1.54) is 4.57 Å². The number of nitrogens with zero attached hydrogens (tertiary/aromatic N) is 3. The molecule has 0 radical (unpaired) electrons. The molecule has 1 aliphatic heterocycles. The summed E-state index contributed by atoms with van der Waals surface area (Å²) in [7, 11) is 0. The maximum atomic E-state index is 12.7. The highest BCUT2D eigenvalue weighted by Crippen LogP contribution is 2.21. The number of hydrogen-bond donors (Lipinski definition) is 1. The minimum atomic E-state index is -0.387. The van der Waals surface area contributed by atoms with Crippen LogP contribution in [0.15, 0.2) is 35.3 Å². The van der Waals surface area contributed by atoms with E-state index in [-0.39, 0.29) is 17.4 Å². The molecule has 0 bridgehead atoms. The molecule has 2 heterocycles. The van der Waals surface area contributed by atoms with Crippen LogP contribution in [0.5, 0.6) is 5.75 Å². The van der Waals surface area contributed by atoms with Gasteiger partial charge in [-0.25, -0.2) is 4.79 Å². The molecule has 1 aliphatic rings. The van der Waals surface area contributed by atoms with Gasteiger partial charge in [-0.3, -0.25) is 9.69 Å². The summed E-state index contributed by atoms with van der Waals surface area (Å²) < 4.78 is 8.81. The first-order valence-electron chi connectivity index (χ1n) is 9.39. The van der Waals surface area contributed by atoms with E-state index in [4.69, 9.17) is 4.74 Å². The van der Waals surface area contributed by atoms with Crippen molar-refractivity contribution in [2.24, 2.45) is 0 Å². The van der Waals surface area contributed by atoms with E-state index in [2.05, 4.69) is 50.1 Å². The SMILES string of the molecule is CCOC(=O)N1CCN(Cc2ccn(Cc3cccc(I)c3I)c(=O)c2O)CC1. The van der Waals surface area contributed by atoms with Gasteiger partial charge in [0.2, 0.25) is 0 Å². The van der Waals surface area contributed by atoms with Crippen LogP contribution in [-0.4, -0.2) is 58.4 Å². The van der Waals surface area contributed by atoms with Crippen LogP contribution < -0.4 is 5.56 Å². The first-order valence-corrected chi connectivity index (χ1v) is 11.5. The van der Waals surface area contributed by atoms with Crippen LogP contribution >= 0.6 is 45.2 Å². The monoisotopic (exact) mass is 623 g/mol. The molecule has 0 unspecified atom stereocenters. The molecule has 156 valence electrons. The predicted octanol–water partition coefficient (Wildman–Crippen LogP) is 3.09. The van der Waals surface area contributed by atoms with Crippen molar-refractivity contribution in [1.29, 1.82) is 0 Å². The predicted molar refractivity (Wildman–Crippen MR) is 127 cm³/mol. The molecule has 0 saturated carbocycles. The summed E-state index contributed by atoms with van der Waals surface area (Å²) in [4.78, 5) is 28.3. The number of aromatic hydroxyl groups is 1. The number of aromatic nitrogens is 1. The van der Waals surface area contributed by atoms with Gasteiger partial charge in [0, 0.05) is 51.6 Å². The third-order valence-electron chi connectivity index (χ3n) is 4.89. The number of halogens is 2. The van der Waals surface area contributed by atoms with Crippen LogP contribution in [0.2, 0.25) is 0 Å². The van der Waals surface area contributed by atoms with Gasteiger partial charge < -0.3 is 19.3 Å². The Morgan fingerprint density at radius 1 is 1.10 bits per heavy atom. The van der Waals surface area contributed by atoms with E-state index in [0.717, 1.165) is 12.7 Å². The second kappa shape index (κ2) is 10.1. The molecular weight excluding hydrogens is 600 g/mol. The minimum Gasteiger partial charge on any atom is -0.503 e. The molecule has 1 aromatic carbocycles. The Kier molecular flexibility index (Phi) is 7.79. The first kappa shape index (κ1) is 22.3. The van der Waals surface area contributed by atoms with Gasteiger partial charge in [-0.1, -0.05) is 12.1 Å². The largest absolute Gasteiger partial charge is 0.503 e. The molecule has 1 saturated heterocycles. The van der Waals surface area contributed by atoms with Gasteiger partial charge in [0.25, 0.3) is 5.56 Å². The van der Waals surface area contributed by atoms with Gasteiger partial charge in [-0.05, 0) is 69.8 Å². The number of carbonyl (C=O) groups excluding carboxylic acids is 1. The van der Waals surface area contributed by atoms with Crippen LogP contribution in [0.3, 0.4) is 0 Å². The molecule has 3 rings (SSSR count). The summed E-state index contributed by atoms with van der Waals surface area (Å²) in [5, 5.41) is 10.5. The first-order chi connectivity index (χ1) is 13.9. The summed E-state index contributed by atoms with van der Waals surface area (Å²) >= 11 is 4.55. The van der Waals surface area contributed by atoms with Gasteiger partial charge in [0.1, 0.15) is 0 Å². The molecule has 2 aromatic rings. The lowest BCUT2D eigenvalue weighted by Crippen LogP contribution is -2.48. The van der Waals surface area contributed by atoms with Crippen LogP contribution in [-0.2, 0) is 17.8 Å². The molecule has 1 aromatic heterocycles.